The summed E-state index contributed by atoms with van der Waals surface area (Å²) in [7, 11) is 4.37. The van der Waals surface area contributed by atoms with Crippen molar-refractivity contribution in [3.63, 3.8) is 0 Å². The molecule has 0 aliphatic carbocycles. The summed E-state index contributed by atoms with van der Waals surface area (Å²) in [6, 6.07) is 8.01. The molecule has 0 fully saturated rings. The molecule has 7 nitrogen and oxygen atoms in total. The number of methoxy groups -OCH3 is 3. The number of amides is 1. The number of ether oxygens (including phenoxy) is 3. The average Bonchev–Trinajstić information content (AvgIpc) is 2.72. The van der Waals surface area contributed by atoms with E-state index in [1.807, 2.05) is 6.26 Å². The van der Waals surface area contributed by atoms with E-state index in [4.69, 9.17) is 14.2 Å². The van der Waals surface area contributed by atoms with Crippen LogP contribution >= 0.6 is 11.8 Å². The number of esters is 1. The minimum atomic E-state index is -0.598. The summed E-state index contributed by atoms with van der Waals surface area (Å²) in [5.74, 6) is 0.300. The highest BCUT2D eigenvalue weighted by Crippen LogP contribution is 2.31. The van der Waals surface area contributed by atoms with Gasteiger partial charge in [0, 0.05) is 6.20 Å². The molecule has 0 saturated carbocycles. The number of nitrogens with zero attached hydrogens (tertiary/aromatic N) is 1. The lowest BCUT2D eigenvalue weighted by Gasteiger charge is -2.20. The van der Waals surface area contributed by atoms with Crippen LogP contribution in [-0.2, 0) is 9.53 Å². The van der Waals surface area contributed by atoms with Gasteiger partial charge in [-0.2, -0.15) is 0 Å². The van der Waals surface area contributed by atoms with Crippen LogP contribution < -0.4 is 14.8 Å². The molecular weight excluding hydrogens is 368 g/mol. The number of pyridine rings is 1. The molecule has 1 atom stereocenters. The van der Waals surface area contributed by atoms with E-state index in [2.05, 4.69) is 10.3 Å². The normalized spacial score (nSPS) is 11.4. The molecule has 144 valence electrons. The Kier molecular flexibility index (Phi) is 7.48. The van der Waals surface area contributed by atoms with E-state index in [-0.39, 0.29) is 12.3 Å². The van der Waals surface area contributed by atoms with Crippen molar-refractivity contribution in [2.45, 2.75) is 17.5 Å². The molecule has 27 heavy (non-hydrogen) atoms. The lowest BCUT2D eigenvalue weighted by atomic mass is 10.0. The summed E-state index contributed by atoms with van der Waals surface area (Å²) in [6.07, 6.45) is 3.45. The van der Waals surface area contributed by atoms with Crippen molar-refractivity contribution >= 4 is 23.6 Å². The molecular formula is C19H22N2O5S. The van der Waals surface area contributed by atoms with Gasteiger partial charge in [0.15, 0.2) is 11.5 Å². The molecule has 1 aromatic heterocycles. The number of rotatable bonds is 8. The number of hydrogen-bond donors (Lipinski definition) is 1. The Morgan fingerprint density at radius 3 is 2.52 bits per heavy atom. The van der Waals surface area contributed by atoms with Gasteiger partial charge in [0.1, 0.15) is 5.03 Å². The van der Waals surface area contributed by atoms with Crippen LogP contribution in [0.3, 0.4) is 0 Å². The largest absolute Gasteiger partial charge is 0.493 e. The van der Waals surface area contributed by atoms with Crippen molar-refractivity contribution in [3.05, 3.63) is 47.7 Å². The number of nitrogens with one attached hydrogen (secondary N) is 1. The lowest BCUT2D eigenvalue weighted by molar-refractivity contribution is -0.141. The summed E-state index contributed by atoms with van der Waals surface area (Å²) in [4.78, 5) is 28.9. The van der Waals surface area contributed by atoms with Gasteiger partial charge in [0.25, 0.3) is 5.91 Å². The fourth-order valence-electron chi connectivity index (χ4n) is 2.53. The van der Waals surface area contributed by atoms with Crippen LogP contribution in [0.15, 0.2) is 41.6 Å². The number of carbonyl (C=O) groups is 2. The number of benzene rings is 1. The van der Waals surface area contributed by atoms with Crippen molar-refractivity contribution < 1.29 is 23.8 Å². The second-order valence-corrected chi connectivity index (χ2v) is 6.28. The van der Waals surface area contributed by atoms with E-state index < -0.39 is 12.0 Å². The van der Waals surface area contributed by atoms with Crippen LogP contribution in [0.1, 0.15) is 28.4 Å². The van der Waals surface area contributed by atoms with Crippen molar-refractivity contribution in [1.82, 2.24) is 10.3 Å². The second-order valence-electron chi connectivity index (χ2n) is 5.48. The fourth-order valence-corrected chi connectivity index (χ4v) is 3.08. The first-order valence-corrected chi connectivity index (χ1v) is 9.35. The van der Waals surface area contributed by atoms with Gasteiger partial charge in [-0.25, -0.2) is 4.98 Å². The summed E-state index contributed by atoms with van der Waals surface area (Å²) >= 11 is 1.38. The molecule has 0 saturated heterocycles. The number of hydrogen-bond acceptors (Lipinski definition) is 7. The maximum atomic E-state index is 12.8. The van der Waals surface area contributed by atoms with Crippen molar-refractivity contribution in [3.8, 4) is 11.5 Å². The zero-order valence-corrected chi connectivity index (χ0v) is 16.5. The monoisotopic (exact) mass is 390 g/mol. The number of aromatic nitrogens is 1. The smallest absolute Gasteiger partial charge is 0.307 e. The molecule has 1 aromatic carbocycles. The van der Waals surface area contributed by atoms with E-state index in [1.54, 1.807) is 36.5 Å². The van der Waals surface area contributed by atoms with Crippen LogP contribution in [0.25, 0.3) is 0 Å². The molecule has 0 radical (unpaired) electrons. The molecule has 1 heterocycles. The lowest BCUT2D eigenvalue weighted by Crippen LogP contribution is -2.31. The quantitative estimate of drug-likeness (QED) is 0.548. The average molecular weight is 390 g/mol. The van der Waals surface area contributed by atoms with E-state index in [1.165, 1.54) is 33.1 Å². The van der Waals surface area contributed by atoms with E-state index in [0.29, 0.717) is 27.7 Å². The van der Waals surface area contributed by atoms with Gasteiger partial charge < -0.3 is 19.5 Å². The van der Waals surface area contributed by atoms with Gasteiger partial charge in [-0.3, -0.25) is 9.59 Å². The van der Waals surface area contributed by atoms with Crippen LogP contribution in [0, 0.1) is 0 Å². The van der Waals surface area contributed by atoms with Crippen molar-refractivity contribution in [2.75, 3.05) is 27.6 Å². The highest BCUT2D eigenvalue weighted by molar-refractivity contribution is 7.98. The minimum Gasteiger partial charge on any atom is -0.493 e. The Morgan fingerprint density at radius 1 is 1.15 bits per heavy atom. The Hall–Kier alpha value is -2.74. The van der Waals surface area contributed by atoms with Gasteiger partial charge >= 0.3 is 5.97 Å². The Morgan fingerprint density at radius 2 is 1.89 bits per heavy atom. The van der Waals surface area contributed by atoms with Crippen LogP contribution in [0.2, 0.25) is 0 Å². The molecule has 0 bridgehead atoms. The fraction of sp³-hybridized carbons (Fsp3) is 0.316. The molecule has 1 N–H and O–H groups in total. The first-order valence-electron chi connectivity index (χ1n) is 8.12. The Bertz CT molecular complexity index is 812. The van der Waals surface area contributed by atoms with Gasteiger partial charge in [0.2, 0.25) is 0 Å². The summed E-state index contributed by atoms with van der Waals surface area (Å²) in [5.41, 5.74) is 1.14. The SMILES string of the molecule is COC(=O)C[C@@H](NC(=O)c1cccnc1SC)c1ccc(OC)c(OC)c1. The molecule has 0 aliphatic rings. The predicted molar refractivity (Wildman–Crippen MR) is 102 cm³/mol. The number of thioether (sulfide) groups is 1. The summed E-state index contributed by atoms with van der Waals surface area (Å²) in [5, 5.41) is 3.50. The van der Waals surface area contributed by atoms with Gasteiger partial charge in [-0.15, -0.1) is 11.8 Å². The molecule has 0 spiro atoms. The van der Waals surface area contributed by atoms with Crippen molar-refractivity contribution in [2.24, 2.45) is 0 Å². The standard InChI is InChI=1S/C19H22N2O5S/c1-24-15-8-7-12(10-16(15)25-2)14(11-17(22)26-3)21-18(23)13-6-5-9-20-19(13)27-4/h5-10,14H,11H2,1-4H3,(H,21,23)/t14-/m1/s1. The zero-order valence-electron chi connectivity index (χ0n) is 15.6. The van der Waals surface area contributed by atoms with Gasteiger partial charge in [-0.1, -0.05) is 6.07 Å². The summed E-state index contributed by atoms with van der Waals surface area (Å²) in [6.45, 7) is 0. The second kappa shape index (κ2) is 9.82. The highest BCUT2D eigenvalue weighted by atomic mass is 32.2. The first kappa shape index (κ1) is 20.6. The third-order valence-electron chi connectivity index (χ3n) is 3.92. The third kappa shape index (κ3) is 5.13. The Balaban J connectivity index is 2.34. The highest BCUT2D eigenvalue weighted by Gasteiger charge is 2.22. The van der Waals surface area contributed by atoms with Crippen LogP contribution in [0.4, 0.5) is 0 Å². The predicted octanol–water partition coefficient (Wildman–Crippen LogP) is 2.85. The Labute approximate surface area is 162 Å². The van der Waals surface area contributed by atoms with Gasteiger partial charge in [0.05, 0.1) is 39.4 Å². The van der Waals surface area contributed by atoms with Crippen LogP contribution in [-0.4, -0.2) is 44.4 Å². The minimum absolute atomic E-state index is 0.0212. The first-order chi connectivity index (χ1) is 13.0. The van der Waals surface area contributed by atoms with E-state index >= 15 is 0 Å². The molecule has 2 rings (SSSR count). The molecule has 0 aliphatic heterocycles. The molecule has 0 unspecified atom stereocenters. The van der Waals surface area contributed by atoms with Crippen molar-refractivity contribution in [1.29, 1.82) is 0 Å². The summed E-state index contributed by atoms with van der Waals surface area (Å²) < 4.78 is 15.3. The van der Waals surface area contributed by atoms with Crippen LogP contribution in [0.5, 0.6) is 11.5 Å². The molecule has 1 amide bonds. The molecule has 8 heteroatoms. The van der Waals surface area contributed by atoms with Gasteiger partial charge in [-0.05, 0) is 36.1 Å². The van der Waals surface area contributed by atoms with E-state index in [9.17, 15) is 9.59 Å². The maximum absolute atomic E-state index is 12.8. The zero-order chi connectivity index (χ0) is 19.8. The maximum Gasteiger partial charge on any atom is 0.307 e. The third-order valence-corrected chi connectivity index (χ3v) is 4.63. The number of carbonyl (C=O) groups excluding carboxylic acids is 2. The topological polar surface area (TPSA) is 86.8 Å². The molecule has 2 aromatic rings. The van der Waals surface area contributed by atoms with E-state index in [0.717, 1.165) is 0 Å².